The van der Waals surface area contributed by atoms with Gasteiger partial charge in [-0.15, -0.1) is 11.3 Å². The highest BCUT2D eigenvalue weighted by Crippen LogP contribution is 2.40. The molecule has 0 fully saturated rings. The van der Waals surface area contributed by atoms with Gasteiger partial charge in [0.15, 0.2) is 0 Å². The van der Waals surface area contributed by atoms with Gasteiger partial charge >= 0.3 is 0 Å². The van der Waals surface area contributed by atoms with Gasteiger partial charge in [0.2, 0.25) is 0 Å². The highest BCUT2D eigenvalue weighted by atomic mass is 35.5. The number of furan rings is 1. The number of halogens is 1. The second-order valence-corrected chi connectivity index (χ2v) is 6.85. The molecule has 0 radical (unpaired) electrons. The highest BCUT2D eigenvalue weighted by molar-refractivity contribution is 7.22. The summed E-state index contributed by atoms with van der Waals surface area (Å²) in [6.45, 7) is 0. The Morgan fingerprint density at radius 1 is 0.913 bits per heavy atom. The highest BCUT2D eigenvalue weighted by Gasteiger charge is 2.15. The topological polar surface area (TPSA) is 26.0 Å². The lowest BCUT2D eigenvalue weighted by Crippen LogP contribution is -1.73. The van der Waals surface area contributed by atoms with Crippen molar-refractivity contribution in [1.29, 1.82) is 0 Å². The first-order chi connectivity index (χ1) is 11.3. The first kappa shape index (κ1) is 13.1. The molecule has 0 aliphatic carbocycles. The van der Waals surface area contributed by atoms with E-state index in [-0.39, 0.29) is 0 Å². The van der Waals surface area contributed by atoms with Crippen molar-refractivity contribution in [2.75, 3.05) is 0 Å². The van der Waals surface area contributed by atoms with E-state index >= 15 is 0 Å². The van der Waals surface area contributed by atoms with Crippen LogP contribution in [0.15, 0.2) is 65.1 Å². The lowest BCUT2D eigenvalue weighted by atomic mass is 10.1. The Labute approximate surface area is 140 Å². The van der Waals surface area contributed by atoms with Gasteiger partial charge in [0.05, 0.1) is 10.2 Å². The monoisotopic (exact) mass is 335 g/mol. The summed E-state index contributed by atoms with van der Waals surface area (Å²) < 4.78 is 7.09. The van der Waals surface area contributed by atoms with E-state index in [0.717, 1.165) is 42.7 Å². The number of thiazole rings is 1. The van der Waals surface area contributed by atoms with E-state index in [2.05, 4.69) is 12.1 Å². The molecule has 2 aromatic heterocycles. The lowest BCUT2D eigenvalue weighted by molar-refractivity contribution is 0.669. The number of hydrogen-bond acceptors (Lipinski definition) is 3. The van der Waals surface area contributed by atoms with E-state index in [1.54, 1.807) is 11.3 Å². The second kappa shape index (κ2) is 4.82. The van der Waals surface area contributed by atoms with Crippen molar-refractivity contribution in [3.05, 3.63) is 65.7 Å². The van der Waals surface area contributed by atoms with E-state index in [0.29, 0.717) is 5.02 Å². The molecular weight excluding hydrogens is 326 g/mol. The van der Waals surface area contributed by atoms with E-state index in [1.807, 2.05) is 48.5 Å². The smallest absolute Gasteiger partial charge is 0.137 e. The SMILES string of the molecule is Clc1ccc2oc3ccc4nc(-c5ccccc5)sc4c3c2c1. The Morgan fingerprint density at radius 3 is 2.61 bits per heavy atom. The molecule has 23 heavy (non-hydrogen) atoms. The summed E-state index contributed by atoms with van der Waals surface area (Å²) in [5.41, 5.74) is 3.85. The summed E-state index contributed by atoms with van der Waals surface area (Å²) in [6, 6.07) is 20.0. The summed E-state index contributed by atoms with van der Waals surface area (Å²) in [4.78, 5) is 4.79. The first-order valence-corrected chi connectivity index (χ1v) is 8.46. The van der Waals surface area contributed by atoms with E-state index in [1.165, 1.54) is 0 Å². The Kier molecular flexibility index (Phi) is 2.75. The van der Waals surface area contributed by atoms with Gasteiger partial charge in [0.1, 0.15) is 16.2 Å². The van der Waals surface area contributed by atoms with Crippen LogP contribution in [0, 0.1) is 0 Å². The standard InChI is InChI=1S/C19H10ClNOS/c20-12-6-8-15-13(10-12)17-16(22-15)9-7-14-18(17)23-19(21-14)11-4-2-1-3-5-11/h1-10H. The summed E-state index contributed by atoms with van der Waals surface area (Å²) >= 11 is 7.87. The van der Waals surface area contributed by atoms with Crippen molar-refractivity contribution in [1.82, 2.24) is 4.98 Å². The predicted octanol–water partition coefficient (Wildman–Crippen LogP) is 6.52. The molecule has 2 nitrogen and oxygen atoms in total. The zero-order valence-corrected chi connectivity index (χ0v) is 13.5. The Hall–Kier alpha value is -2.36. The number of hydrogen-bond donors (Lipinski definition) is 0. The van der Waals surface area contributed by atoms with Crippen LogP contribution in [0.3, 0.4) is 0 Å². The van der Waals surface area contributed by atoms with E-state index < -0.39 is 0 Å². The molecule has 0 saturated carbocycles. The van der Waals surface area contributed by atoms with Gasteiger partial charge in [-0.1, -0.05) is 41.9 Å². The third-order valence-electron chi connectivity index (χ3n) is 3.97. The molecule has 0 unspecified atom stereocenters. The number of aromatic nitrogens is 1. The maximum Gasteiger partial charge on any atom is 0.137 e. The molecular formula is C19H10ClNOS. The molecule has 0 spiro atoms. The molecule has 0 amide bonds. The third-order valence-corrected chi connectivity index (χ3v) is 5.34. The molecule has 0 N–H and O–H groups in total. The summed E-state index contributed by atoms with van der Waals surface area (Å²) in [5.74, 6) is 0. The minimum Gasteiger partial charge on any atom is -0.456 e. The predicted molar refractivity (Wildman–Crippen MR) is 97.3 cm³/mol. The van der Waals surface area contributed by atoms with Crippen LogP contribution in [-0.4, -0.2) is 4.98 Å². The van der Waals surface area contributed by atoms with Gasteiger partial charge in [-0.2, -0.15) is 0 Å². The zero-order chi connectivity index (χ0) is 15.4. The fraction of sp³-hybridized carbons (Fsp3) is 0. The van der Waals surface area contributed by atoms with E-state index in [4.69, 9.17) is 21.0 Å². The summed E-state index contributed by atoms with van der Waals surface area (Å²) in [7, 11) is 0. The maximum atomic E-state index is 6.17. The Morgan fingerprint density at radius 2 is 1.74 bits per heavy atom. The molecule has 0 atom stereocenters. The average Bonchev–Trinajstić information content (AvgIpc) is 3.16. The largest absolute Gasteiger partial charge is 0.456 e. The molecule has 3 aromatic carbocycles. The normalized spacial score (nSPS) is 11.7. The number of benzene rings is 3. The molecule has 0 aliphatic heterocycles. The fourth-order valence-electron chi connectivity index (χ4n) is 2.92. The van der Waals surface area contributed by atoms with Crippen molar-refractivity contribution in [3.8, 4) is 10.6 Å². The molecule has 0 aliphatic rings. The number of fused-ring (bicyclic) bond motifs is 5. The quantitative estimate of drug-likeness (QED) is 0.348. The molecule has 0 bridgehead atoms. The van der Waals surface area contributed by atoms with Gasteiger partial charge in [0, 0.05) is 21.4 Å². The minimum atomic E-state index is 0.713. The fourth-order valence-corrected chi connectivity index (χ4v) is 4.22. The molecule has 0 saturated heterocycles. The van der Waals surface area contributed by atoms with Crippen molar-refractivity contribution in [2.24, 2.45) is 0 Å². The van der Waals surface area contributed by atoms with Crippen LogP contribution in [0.1, 0.15) is 0 Å². The van der Waals surface area contributed by atoms with Crippen molar-refractivity contribution in [2.45, 2.75) is 0 Å². The van der Waals surface area contributed by atoms with Crippen LogP contribution < -0.4 is 0 Å². The van der Waals surface area contributed by atoms with Crippen LogP contribution in [0.25, 0.3) is 42.7 Å². The molecule has 5 aromatic rings. The Balaban J connectivity index is 1.90. The first-order valence-electron chi connectivity index (χ1n) is 7.26. The lowest BCUT2D eigenvalue weighted by Gasteiger charge is -1.92. The van der Waals surface area contributed by atoms with Crippen LogP contribution in [0.5, 0.6) is 0 Å². The van der Waals surface area contributed by atoms with Gasteiger partial charge in [0.25, 0.3) is 0 Å². The minimum absolute atomic E-state index is 0.713. The second-order valence-electron chi connectivity index (χ2n) is 5.41. The number of rotatable bonds is 1. The van der Waals surface area contributed by atoms with Gasteiger partial charge < -0.3 is 4.42 Å². The van der Waals surface area contributed by atoms with Crippen molar-refractivity contribution in [3.63, 3.8) is 0 Å². The van der Waals surface area contributed by atoms with Crippen molar-refractivity contribution >= 4 is 55.1 Å². The van der Waals surface area contributed by atoms with Crippen molar-refractivity contribution < 1.29 is 4.42 Å². The molecule has 4 heteroatoms. The van der Waals surface area contributed by atoms with Crippen LogP contribution >= 0.6 is 22.9 Å². The molecule has 2 heterocycles. The third kappa shape index (κ3) is 1.97. The molecule has 110 valence electrons. The van der Waals surface area contributed by atoms with E-state index in [9.17, 15) is 0 Å². The maximum absolute atomic E-state index is 6.17. The average molecular weight is 336 g/mol. The van der Waals surface area contributed by atoms with Crippen LogP contribution in [0.2, 0.25) is 5.02 Å². The van der Waals surface area contributed by atoms with Gasteiger partial charge in [-0.05, 0) is 30.3 Å². The summed E-state index contributed by atoms with van der Waals surface area (Å²) in [6.07, 6.45) is 0. The molecule has 5 rings (SSSR count). The van der Waals surface area contributed by atoms with Gasteiger partial charge in [-0.25, -0.2) is 4.98 Å². The van der Waals surface area contributed by atoms with Gasteiger partial charge in [-0.3, -0.25) is 0 Å². The van der Waals surface area contributed by atoms with Crippen LogP contribution in [0.4, 0.5) is 0 Å². The number of nitrogens with zero attached hydrogens (tertiary/aromatic N) is 1. The summed E-state index contributed by atoms with van der Waals surface area (Å²) in [5, 5.41) is 3.87. The van der Waals surface area contributed by atoms with Crippen LogP contribution in [-0.2, 0) is 0 Å². The zero-order valence-electron chi connectivity index (χ0n) is 11.9. The Bertz CT molecular complexity index is 1170.